The van der Waals surface area contributed by atoms with Crippen LogP contribution in [0.4, 0.5) is 22.0 Å². The molecule has 186 valence electrons. The van der Waals surface area contributed by atoms with E-state index in [4.69, 9.17) is 4.52 Å². The first-order chi connectivity index (χ1) is 17.3. The Labute approximate surface area is 212 Å². The Morgan fingerprint density at radius 2 is 1.58 bits per heavy atom. The van der Waals surface area contributed by atoms with E-state index in [0.29, 0.717) is 22.7 Å². The Hall–Kier alpha value is -3.76. The quantitative estimate of drug-likeness (QED) is 0.446. The molecule has 0 unspecified atom stereocenters. The summed E-state index contributed by atoms with van der Waals surface area (Å²) in [6, 6.07) is 17.3. The molecule has 7 nitrogen and oxygen atoms in total. The lowest BCUT2D eigenvalue weighted by Crippen LogP contribution is -2.60. The highest BCUT2D eigenvalue weighted by atomic mass is 16.5. The number of nitrogens with zero attached hydrogens (tertiary/aromatic N) is 2. The van der Waals surface area contributed by atoms with Gasteiger partial charge in [0.05, 0.1) is 0 Å². The highest BCUT2D eigenvalue weighted by molar-refractivity contribution is 5.99. The topological polar surface area (TPSA) is 82.4 Å². The molecule has 2 saturated heterocycles. The fourth-order valence-corrected chi connectivity index (χ4v) is 4.72. The van der Waals surface area contributed by atoms with E-state index in [-0.39, 0.29) is 11.4 Å². The van der Waals surface area contributed by atoms with Gasteiger partial charge in [0, 0.05) is 52.5 Å². The van der Waals surface area contributed by atoms with Crippen LogP contribution in [0.15, 0.2) is 59.1 Å². The maximum atomic E-state index is 12.3. The minimum Gasteiger partial charge on any atom is -0.370 e. The smallest absolute Gasteiger partial charge is 0.324 e. The first-order valence-electron chi connectivity index (χ1n) is 12.5. The Morgan fingerprint density at radius 1 is 0.972 bits per heavy atom. The highest BCUT2D eigenvalue weighted by Gasteiger charge is 2.43. The van der Waals surface area contributed by atoms with E-state index < -0.39 is 0 Å². The SMILES string of the molecule is CC(C)(C)c1cc(NC(=O)Nc2ccc(C#Cc3ccc(N4CC5(CCNCC5)C4)cc3)cc2)no1. The molecule has 3 heterocycles. The second-order valence-corrected chi connectivity index (χ2v) is 10.9. The van der Waals surface area contributed by atoms with E-state index in [2.05, 4.69) is 62.1 Å². The van der Waals surface area contributed by atoms with E-state index in [1.807, 2.05) is 45.0 Å². The van der Waals surface area contributed by atoms with Crippen LogP contribution >= 0.6 is 0 Å². The number of urea groups is 1. The van der Waals surface area contributed by atoms with Gasteiger partial charge in [0.1, 0.15) is 5.76 Å². The van der Waals surface area contributed by atoms with Crippen molar-refractivity contribution in [2.45, 2.75) is 39.0 Å². The Morgan fingerprint density at radius 3 is 2.17 bits per heavy atom. The van der Waals surface area contributed by atoms with Crippen molar-refractivity contribution < 1.29 is 9.32 Å². The molecule has 2 fully saturated rings. The number of rotatable bonds is 3. The summed E-state index contributed by atoms with van der Waals surface area (Å²) in [6.45, 7) is 10.7. The number of carbonyl (C=O) groups is 1. The number of benzene rings is 2. The van der Waals surface area contributed by atoms with E-state index >= 15 is 0 Å². The Bertz CT molecular complexity index is 1260. The molecule has 0 bridgehead atoms. The Kier molecular flexibility index (Phi) is 6.46. The molecule has 3 aromatic rings. The summed E-state index contributed by atoms with van der Waals surface area (Å²) >= 11 is 0. The first kappa shape index (κ1) is 24.0. The summed E-state index contributed by atoms with van der Waals surface area (Å²) in [5, 5.41) is 12.9. The molecule has 2 aromatic carbocycles. The van der Waals surface area contributed by atoms with Crippen LogP contribution in [0.1, 0.15) is 50.5 Å². The van der Waals surface area contributed by atoms with Crippen LogP contribution in [0.25, 0.3) is 0 Å². The third kappa shape index (κ3) is 5.55. The molecule has 2 aliphatic rings. The van der Waals surface area contributed by atoms with E-state index in [9.17, 15) is 4.79 Å². The predicted molar refractivity (Wildman–Crippen MR) is 143 cm³/mol. The molecule has 5 rings (SSSR count). The van der Waals surface area contributed by atoms with Gasteiger partial charge in [-0.1, -0.05) is 37.8 Å². The lowest BCUT2D eigenvalue weighted by molar-refractivity contribution is 0.150. The van der Waals surface area contributed by atoms with Crippen LogP contribution in [-0.4, -0.2) is 37.4 Å². The zero-order valence-corrected chi connectivity index (χ0v) is 21.1. The molecule has 3 N–H and O–H groups in total. The summed E-state index contributed by atoms with van der Waals surface area (Å²) in [7, 11) is 0. The highest BCUT2D eigenvalue weighted by Crippen LogP contribution is 2.41. The minimum absolute atomic E-state index is 0.174. The number of hydrogen-bond donors (Lipinski definition) is 3. The van der Waals surface area contributed by atoms with Crippen molar-refractivity contribution in [2.24, 2.45) is 5.41 Å². The average molecular weight is 484 g/mol. The molecule has 0 atom stereocenters. The first-order valence-corrected chi connectivity index (χ1v) is 12.5. The molecule has 1 spiro atoms. The molecule has 0 radical (unpaired) electrons. The number of amides is 2. The van der Waals surface area contributed by atoms with E-state index in [1.165, 1.54) is 18.5 Å². The number of nitrogens with one attached hydrogen (secondary N) is 3. The molecular weight excluding hydrogens is 450 g/mol. The van der Waals surface area contributed by atoms with Gasteiger partial charge >= 0.3 is 6.03 Å². The minimum atomic E-state index is -0.379. The molecule has 7 heteroatoms. The van der Waals surface area contributed by atoms with Crippen LogP contribution in [0.3, 0.4) is 0 Å². The van der Waals surface area contributed by atoms with Gasteiger partial charge in [-0.25, -0.2) is 4.79 Å². The zero-order chi connectivity index (χ0) is 25.2. The van der Waals surface area contributed by atoms with Gasteiger partial charge in [0.2, 0.25) is 0 Å². The lowest BCUT2D eigenvalue weighted by Gasteiger charge is -2.53. The van der Waals surface area contributed by atoms with Gasteiger partial charge in [-0.05, 0) is 74.5 Å². The van der Waals surface area contributed by atoms with Crippen LogP contribution in [0.5, 0.6) is 0 Å². The maximum Gasteiger partial charge on any atom is 0.324 e. The van der Waals surface area contributed by atoms with Crippen molar-refractivity contribution in [1.82, 2.24) is 10.5 Å². The van der Waals surface area contributed by atoms with Crippen molar-refractivity contribution >= 4 is 23.2 Å². The second kappa shape index (κ2) is 9.71. The lowest BCUT2D eigenvalue weighted by atomic mass is 9.72. The second-order valence-electron chi connectivity index (χ2n) is 10.9. The molecular formula is C29H33N5O2. The Balaban J connectivity index is 1.12. The van der Waals surface area contributed by atoms with Crippen molar-refractivity contribution in [2.75, 3.05) is 41.7 Å². The van der Waals surface area contributed by atoms with Crippen LogP contribution in [-0.2, 0) is 5.41 Å². The molecule has 0 aliphatic carbocycles. The standard InChI is InChI=1S/C29H33N5O2/c1-28(2,3)25-18-26(33-36-25)32-27(35)31-23-10-6-21(7-11-23)4-5-22-8-12-24(13-9-22)34-19-29(20-34)14-16-30-17-15-29/h6-13,18,30H,14-17,19-20H2,1-3H3,(H2,31,32,33,35). The number of aromatic nitrogens is 1. The largest absolute Gasteiger partial charge is 0.370 e. The normalized spacial score (nSPS) is 16.6. The number of anilines is 3. The van der Waals surface area contributed by atoms with Crippen LogP contribution < -0.4 is 20.9 Å². The van der Waals surface area contributed by atoms with Crippen molar-refractivity contribution in [3.63, 3.8) is 0 Å². The van der Waals surface area contributed by atoms with E-state index in [1.54, 1.807) is 6.07 Å². The van der Waals surface area contributed by atoms with Gasteiger partial charge in [-0.3, -0.25) is 5.32 Å². The zero-order valence-electron chi connectivity index (χ0n) is 21.1. The van der Waals surface area contributed by atoms with Crippen molar-refractivity contribution in [3.05, 3.63) is 71.5 Å². The van der Waals surface area contributed by atoms with Crippen molar-refractivity contribution in [3.8, 4) is 11.8 Å². The number of hydrogen-bond acceptors (Lipinski definition) is 5. The fourth-order valence-electron chi connectivity index (χ4n) is 4.72. The molecule has 36 heavy (non-hydrogen) atoms. The number of piperidine rings is 1. The van der Waals surface area contributed by atoms with Gasteiger partial charge in [0.25, 0.3) is 0 Å². The third-order valence-electron chi connectivity index (χ3n) is 6.93. The van der Waals surface area contributed by atoms with Crippen LogP contribution in [0, 0.1) is 17.3 Å². The number of carbonyl (C=O) groups excluding carboxylic acids is 1. The molecule has 2 aliphatic heterocycles. The van der Waals surface area contributed by atoms with E-state index in [0.717, 1.165) is 37.3 Å². The molecule has 1 aromatic heterocycles. The molecule has 0 saturated carbocycles. The third-order valence-corrected chi connectivity index (χ3v) is 6.93. The van der Waals surface area contributed by atoms with Crippen LogP contribution in [0.2, 0.25) is 0 Å². The maximum absolute atomic E-state index is 12.3. The summed E-state index contributed by atoms with van der Waals surface area (Å²) in [4.78, 5) is 14.8. The monoisotopic (exact) mass is 483 g/mol. The predicted octanol–water partition coefficient (Wildman–Crippen LogP) is 5.21. The summed E-state index contributed by atoms with van der Waals surface area (Å²) in [5.74, 6) is 7.52. The summed E-state index contributed by atoms with van der Waals surface area (Å²) in [5.41, 5.74) is 4.16. The summed E-state index contributed by atoms with van der Waals surface area (Å²) < 4.78 is 5.30. The summed E-state index contributed by atoms with van der Waals surface area (Å²) in [6.07, 6.45) is 2.57. The van der Waals surface area contributed by atoms with Gasteiger partial charge in [-0.2, -0.15) is 0 Å². The fraction of sp³-hybridized carbons (Fsp3) is 0.379. The van der Waals surface area contributed by atoms with Gasteiger partial charge in [0.15, 0.2) is 5.82 Å². The molecule has 2 amide bonds. The van der Waals surface area contributed by atoms with Crippen molar-refractivity contribution in [1.29, 1.82) is 0 Å². The average Bonchev–Trinajstić information content (AvgIpc) is 3.32. The van der Waals surface area contributed by atoms with Gasteiger partial charge < -0.3 is 20.1 Å². The van der Waals surface area contributed by atoms with Gasteiger partial charge in [-0.15, -0.1) is 0 Å².